The van der Waals surface area contributed by atoms with Crippen LogP contribution in [0.3, 0.4) is 0 Å². The Morgan fingerprint density at radius 1 is 1.32 bits per heavy atom. The van der Waals surface area contributed by atoms with Crippen molar-refractivity contribution >= 4 is 33.3 Å². The summed E-state index contributed by atoms with van der Waals surface area (Å²) < 4.78 is 21.7. The molecule has 0 saturated heterocycles. The van der Waals surface area contributed by atoms with E-state index in [2.05, 4.69) is 17.1 Å². The molecule has 1 aliphatic rings. The molecule has 3 aromatic heterocycles. The van der Waals surface area contributed by atoms with E-state index in [0.29, 0.717) is 33.1 Å². The molecule has 2 unspecified atom stereocenters. The number of hydrogen-bond donors (Lipinski definition) is 0. The maximum absolute atomic E-state index is 14.8. The van der Waals surface area contributed by atoms with E-state index in [9.17, 15) is 9.18 Å². The molecule has 9 heteroatoms. The van der Waals surface area contributed by atoms with Gasteiger partial charge in [-0.05, 0) is 49.8 Å². The molecule has 4 aromatic rings. The average molecular weight is 457 g/mol. The second-order valence-corrected chi connectivity index (χ2v) is 10.3. The highest BCUT2D eigenvalue weighted by Crippen LogP contribution is 2.39. The average Bonchev–Trinajstić information content (AvgIpc) is 3.32. The van der Waals surface area contributed by atoms with Crippen molar-refractivity contribution in [1.29, 1.82) is 0 Å². The van der Waals surface area contributed by atoms with Gasteiger partial charge in [-0.15, -0.1) is 21.5 Å². The van der Waals surface area contributed by atoms with E-state index in [-0.39, 0.29) is 16.5 Å². The molecule has 0 saturated carbocycles. The zero-order valence-electron chi connectivity index (χ0n) is 17.4. The number of para-hydroxylation sites is 1. The van der Waals surface area contributed by atoms with Crippen molar-refractivity contribution < 1.29 is 8.81 Å². The van der Waals surface area contributed by atoms with Crippen LogP contribution in [0.1, 0.15) is 47.7 Å². The van der Waals surface area contributed by atoms with Gasteiger partial charge in [0.05, 0.1) is 16.3 Å². The van der Waals surface area contributed by atoms with Gasteiger partial charge in [0, 0.05) is 11.8 Å². The minimum absolute atomic E-state index is 0.197. The lowest BCUT2D eigenvalue weighted by Gasteiger charge is -2.18. The van der Waals surface area contributed by atoms with Gasteiger partial charge in [-0.1, -0.05) is 30.8 Å². The van der Waals surface area contributed by atoms with Crippen molar-refractivity contribution in [3.8, 4) is 5.69 Å². The van der Waals surface area contributed by atoms with Crippen LogP contribution in [0.25, 0.3) is 15.9 Å². The molecule has 31 heavy (non-hydrogen) atoms. The maximum atomic E-state index is 14.8. The molecule has 0 bridgehead atoms. The minimum Gasteiger partial charge on any atom is -0.424 e. The van der Waals surface area contributed by atoms with E-state index >= 15 is 0 Å². The van der Waals surface area contributed by atoms with Crippen molar-refractivity contribution in [2.75, 3.05) is 0 Å². The summed E-state index contributed by atoms with van der Waals surface area (Å²) in [5.41, 5.74) is 1.05. The molecule has 160 valence electrons. The molecule has 1 aromatic carbocycles. The van der Waals surface area contributed by atoms with Crippen LogP contribution in [0.5, 0.6) is 0 Å². The zero-order chi connectivity index (χ0) is 21.7. The smallest absolute Gasteiger partial charge is 0.267 e. The number of thiophene rings is 1. The van der Waals surface area contributed by atoms with Crippen LogP contribution in [0.2, 0.25) is 0 Å². The van der Waals surface area contributed by atoms with Crippen molar-refractivity contribution in [1.82, 2.24) is 19.7 Å². The fraction of sp³-hybridized carbons (Fsp3) is 0.364. The van der Waals surface area contributed by atoms with Gasteiger partial charge in [0.2, 0.25) is 11.8 Å². The van der Waals surface area contributed by atoms with Gasteiger partial charge in [-0.25, -0.2) is 9.37 Å². The van der Waals surface area contributed by atoms with E-state index in [1.807, 2.05) is 6.92 Å². The highest BCUT2D eigenvalue weighted by Gasteiger charge is 2.27. The molecule has 6 nitrogen and oxygen atoms in total. The number of fused-ring (bicyclic) bond motifs is 3. The zero-order valence-corrected chi connectivity index (χ0v) is 19.0. The summed E-state index contributed by atoms with van der Waals surface area (Å²) in [4.78, 5) is 20.5. The van der Waals surface area contributed by atoms with Gasteiger partial charge in [0.15, 0.2) is 5.16 Å². The number of aromatic nitrogens is 4. The molecular formula is C22H21FN4O2S2. The predicted molar refractivity (Wildman–Crippen MR) is 120 cm³/mol. The van der Waals surface area contributed by atoms with Crippen LogP contribution in [0, 0.1) is 18.7 Å². The van der Waals surface area contributed by atoms with Crippen LogP contribution in [-0.4, -0.2) is 19.7 Å². The Bertz CT molecular complexity index is 1340. The Morgan fingerprint density at radius 2 is 2.13 bits per heavy atom. The summed E-state index contributed by atoms with van der Waals surface area (Å²) >= 11 is 2.90. The molecular weight excluding hydrogens is 435 g/mol. The van der Waals surface area contributed by atoms with Crippen LogP contribution in [-0.2, 0) is 12.8 Å². The third-order valence-corrected chi connectivity index (χ3v) is 7.75. The maximum Gasteiger partial charge on any atom is 0.267 e. The molecule has 0 aliphatic heterocycles. The van der Waals surface area contributed by atoms with Gasteiger partial charge in [-0.2, -0.15) is 0 Å². The Labute approximate surface area is 186 Å². The highest BCUT2D eigenvalue weighted by atomic mass is 32.2. The molecule has 1 aliphatic carbocycles. The first-order chi connectivity index (χ1) is 14.9. The summed E-state index contributed by atoms with van der Waals surface area (Å²) in [6, 6.07) is 6.30. The number of halogens is 1. The highest BCUT2D eigenvalue weighted by molar-refractivity contribution is 7.99. The monoisotopic (exact) mass is 456 g/mol. The SMILES string of the molecule is Cc1nnc(C(C)Sc2nc3sc4c(c3c(=O)n2-c2ccccc2F)CCC(C)C4)o1. The van der Waals surface area contributed by atoms with Crippen LogP contribution in [0.15, 0.2) is 38.6 Å². The van der Waals surface area contributed by atoms with E-state index in [4.69, 9.17) is 9.40 Å². The largest absolute Gasteiger partial charge is 0.424 e. The lowest BCUT2D eigenvalue weighted by atomic mass is 9.89. The van der Waals surface area contributed by atoms with Gasteiger partial charge in [0.25, 0.3) is 5.56 Å². The van der Waals surface area contributed by atoms with Gasteiger partial charge >= 0.3 is 0 Å². The summed E-state index contributed by atoms with van der Waals surface area (Å²) in [5, 5.41) is 8.76. The quantitative estimate of drug-likeness (QED) is 0.308. The normalized spacial score (nSPS) is 17.1. The van der Waals surface area contributed by atoms with E-state index in [0.717, 1.165) is 24.8 Å². The lowest BCUT2D eigenvalue weighted by molar-refractivity contribution is 0.470. The van der Waals surface area contributed by atoms with Gasteiger partial charge in [-0.3, -0.25) is 9.36 Å². The Hall–Kier alpha value is -2.52. The molecule has 3 heterocycles. The molecule has 0 N–H and O–H groups in total. The van der Waals surface area contributed by atoms with Crippen LogP contribution in [0.4, 0.5) is 4.39 Å². The lowest BCUT2D eigenvalue weighted by Crippen LogP contribution is -2.23. The fourth-order valence-corrected chi connectivity index (χ4v) is 6.35. The Balaban J connectivity index is 1.72. The number of nitrogens with zero attached hydrogens (tertiary/aromatic N) is 4. The van der Waals surface area contributed by atoms with Crippen LogP contribution >= 0.6 is 23.1 Å². The third kappa shape index (κ3) is 3.59. The standard InChI is InChI=1S/C22H21FN4O2S2/c1-11-8-9-14-17(10-11)31-20-18(14)21(28)27(16-7-5-4-6-15(16)23)22(24-20)30-12(2)19-26-25-13(3)29-19/h4-7,11-12H,8-10H2,1-3H3. The Kier molecular flexibility index (Phi) is 5.18. The number of benzene rings is 1. The summed E-state index contributed by atoms with van der Waals surface area (Å²) in [6.45, 7) is 5.86. The topological polar surface area (TPSA) is 73.8 Å². The first-order valence-electron chi connectivity index (χ1n) is 10.2. The molecule has 0 fully saturated rings. The first-order valence-corrected chi connectivity index (χ1v) is 11.9. The van der Waals surface area contributed by atoms with Crippen molar-refractivity contribution in [3.63, 3.8) is 0 Å². The fourth-order valence-electron chi connectivity index (χ4n) is 3.98. The summed E-state index contributed by atoms with van der Waals surface area (Å²) in [6.07, 6.45) is 2.85. The predicted octanol–water partition coefficient (Wildman–Crippen LogP) is 5.26. The first kappa shape index (κ1) is 20.4. The van der Waals surface area contributed by atoms with E-state index in [1.54, 1.807) is 36.5 Å². The van der Waals surface area contributed by atoms with E-state index in [1.165, 1.54) is 27.3 Å². The number of hydrogen-bond acceptors (Lipinski definition) is 7. The number of thioether (sulfide) groups is 1. The second kappa shape index (κ2) is 7.87. The molecule has 0 radical (unpaired) electrons. The van der Waals surface area contributed by atoms with Gasteiger partial charge in [0.1, 0.15) is 10.6 Å². The Morgan fingerprint density at radius 3 is 2.87 bits per heavy atom. The third-order valence-electron chi connectivity index (χ3n) is 5.56. The molecule has 0 spiro atoms. The van der Waals surface area contributed by atoms with E-state index < -0.39 is 5.82 Å². The molecule has 0 amide bonds. The molecule has 2 atom stereocenters. The van der Waals surface area contributed by atoms with Crippen molar-refractivity contribution in [3.05, 3.63) is 62.7 Å². The summed E-state index contributed by atoms with van der Waals surface area (Å²) in [7, 11) is 0. The van der Waals surface area contributed by atoms with Gasteiger partial charge < -0.3 is 4.42 Å². The number of rotatable bonds is 4. The minimum atomic E-state index is -0.466. The number of aryl methyl sites for hydroxylation is 2. The second-order valence-electron chi connectivity index (χ2n) is 7.94. The van der Waals surface area contributed by atoms with Crippen LogP contribution < -0.4 is 5.56 Å². The summed E-state index contributed by atoms with van der Waals surface area (Å²) in [5.74, 6) is 1.03. The van der Waals surface area contributed by atoms with Crippen molar-refractivity contribution in [2.24, 2.45) is 5.92 Å². The molecule has 5 rings (SSSR count). The van der Waals surface area contributed by atoms with Crippen molar-refractivity contribution in [2.45, 2.75) is 50.4 Å².